The highest BCUT2D eigenvalue weighted by Crippen LogP contribution is 2.38. The number of fused-ring (bicyclic) bond motifs is 1. The number of ether oxygens (including phenoxy) is 1. The molecule has 0 unspecified atom stereocenters. The molecule has 0 fully saturated rings. The molecular weight excluding hydrogens is 396 g/mol. The number of nitrogens with two attached hydrogens (primary N) is 1. The zero-order valence-corrected chi connectivity index (χ0v) is 17.1. The van der Waals surface area contributed by atoms with E-state index < -0.39 is 5.91 Å². The van der Waals surface area contributed by atoms with Gasteiger partial charge in [-0.15, -0.1) is 11.3 Å². The lowest BCUT2D eigenvalue weighted by molar-refractivity contribution is -0.118. The number of benzene rings is 2. The number of primary amides is 1. The maximum atomic E-state index is 13.2. The molecule has 0 aliphatic rings. The van der Waals surface area contributed by atoms with Gasteiger partial charge in [0.05, 0.1) is 12.1 Å². The summed E-state index contributed by atoms with van der Waals surface area (Å²) in [7, 11) is 1.59. The molecule has 3 rings (SSSR count). The van der Waals surface area contributed by atoms with Crippen LogP contribution in [0.5, 0.6) is 5.75 Å². The summed E-state index contributed by atoms with van der Waals surface area (Å²) in [6, 6.07) is 15.4. The lowest BCUT2D eigenvalue weighted by Gasteiger charge is -2.22. The Hall–Kier alpha value is -2.57. The fourth-order valence-electron chi connectivity index (χ4n) is 2.92. The molecule has 0 saturated carbocycles. The Morgan fingerprint density at radius 3 is 2.57 bits per heavy atom. The number of carbonyl (C=O) groups excluding carboxylic acids is 2. The number of nitrogens with zero attached hydrogens (tertiary/aromatic N) is 1. The predicted octanol–water partition coefficient (Wildman–Crippen LogP) is 4.12. The first-order chi connectivity index (χ1) is 13.5. The molecule has 3 aromatic rings. The minimum atomic E-state index is -0.440. The molecule has 146 valence electrons. The zero-order chi connectivity index (χ0) is 20.1. The van der Waals surface area contributed by atoms with E-state index in [2.05, 4.69) is 0 Å². The molecule has 0 atom stereocenters. The van der Waals surface area contributed by atoms with Crippen LogP contribution in [-0.4, -0.2) is 36.9 Å². The monoisotopic (exact) mass is 416 g/mol. The van der Waals surface area contributed by atoms with Gasteiger partial charge in [0.2, 0.25) is 5.91 Å². The van der Waals surface area contributed by atoms with Gasteiger partial charge in [-0.25, -0.2) is 0 Å². The van der Waals surface area contributed by atoms with Crippen molar-refractivity contribution < 1.29 is 14.3 Å². The van der Waals surface area contributed by atoms with Crippen molar-refractivity contribution >= 4 is 44.8 Å². The summed E-state index contributed by atoms with van der Waals surface area (Å²) in [5.74, 6) is 0.0751. The first kappa shape index (κ1) is 20.2. The van der Waals surface area contributed by atoms with Gasteiger partial charge in [-0.1, -0.05) is 41.9 Å². The topological polar surface area (TPSA) is 72.6 Å². The molecule has 7 heteroatoms. The molecule has 0 radical (unpaired) electrons. The number of halogens is 1. The van der Waals surface area contributed by atoms with Crippen molar-refractivity contribution in [2.45, 2.75) is 12.8 Å². The molecule has 28 heavy (non-hydrogen) atoms. The van der Waals surface area contributed by atoms with Crippen LogP contribution in [0.2, 0.25) is 5.02 Å². The number of carbonyl (C=O) groups is 2. The fraction of sp³-hybridized carbons (Fsp3) is 0.238. The van der Waals surface area contributed by atoms with E-state index >= 15 is 0 Å². The Labute approximate surface area is 172 Å². The Balaban J connectivity index is 1.85. The van der Waals surface area contributed by atoms with E-state index in [1.807, 2.05) is 48.5 Å². The molecule has 0 aliphatic heterocycles. The SMILES string of the molecule is COc1ccc2c(Cl)c(C(=O)N(CCC(N)=O)CCc3ccccc3)sc2c1. The fourth-order valence-corrected chi connectivity index (χ4v) is 4.43. The average Bonchev–Trinajstić information content (AvgIpc) is 3.04. The number of thiophene rings is 1. The molecule has 2 aromatic carbocycles. The van der Waals surface area contributed by atoms with Crippen LogP contribution in [0.4, 0.5) is 0 Å². The van der Waals surface area contributed by atoms with Crippen molar-refractivity contribution in [2.75, 3.05) is 20.2 Å². The third-order valence-corrected chi connectivity index (χ3v) is 6.10. The third kappa shape index (κ3) is 4.64. The van der Waals surface area contributed by atoms with Gasteiger partial charge in [0.25, 0.3) is 5.91 Å². The van der Waals surface area contributed by atoms with Crippen LogP contribution in [0.15, 0.2) is 48.5 Å². The molecule has 0 aliphatic carbocycles. The molecule has 0 bridgehead atoms. The number of rotatable bonds is 8. The van der Waals surface area contributed by atoms with E-state index in [-0.39, 0.29) is 18.9 Å². The van der Waals surface area contributed by atoms with Crippen LogP contribution < -0.4 is 10.5 Å². The molecule has 2 N–H and O–H groups in total. The summed E-state index contributed by atoms with van der Waals surface area (Å²) in [6.07, 6.45) is 0.790. The van der Waals surface area contributed by atoms with Crippen LogP contribution in [-0.2, 0) is 11.2 Å². The second kappa shape index (κ2) is 9.08. The van der Waals surface area contributed by atoms with Gasteiger partial charge in [-0.2, -0.15) is 0 Å². The van der Waals surface area contributed by atoms with Gasteiger partial charge >= 0.3 is 0 Å². The normalized spacial score (nSPS) is 10.8. The number of hydrogen-bond acceptors (Lipinski definition) is 4. The zero-order valence-electron chi connectivity index (χ0n) is 15.5. The second-order valence-electron chi connectivity index (χ2n) is 6.35. The van der Waals surface area contributed by atoms with Gasteiger partial charge in [0.1, 0.15) is 10.6 Å². The van der Waals surface area contributed by atoms with Crippen molar-refractivity contribution in [1.29, 1.82) is 0 Å². The predicted molar refractivity (Wildman–Crippen MR) is 113 cm³/mol. The van der Waals surface area contributed by atoms with Gasteiger partial charge in [-0.05, 0) is 30.2 Å². The minimum absolute atomic E-state index is 0.108. The summed E-state index contributed by atoms with van der Waals surface area (Å²) >= 11 is 7.83. The summed E-state index contributed by atoms with van der Waals surface area (Å²) in [6.45, 7) is 0.735. The lowest BCUT2D eigenvalue weighted by atomic mass is 10.1. The van der Waals surface area contributed by atoms with Crippen LogP contribution in [0.1, 0.15) is 21.7 Å². The van der Waals surface area contributed by atoms with Crippen molar-refractivity contribution in [2.24, 2.45) is 5.73 Å². The summed E-state index contributed by atoms with van der Waals surface area (Å²) in [5.41, 5.74) is 6.41. The van der Waals surface area contributed by atoms with E-state index in [1.165, 1.54) is 11.3 Å². The smallest absolute Gasteiger partial charge is 0.265 e. The average molecular weight is 417 g/mol. The highest BCUT2D eigenvalue weighted by molar-refractivity contribution is 7.21. The largest absolute Gasteiger partial charge is 0.497 e. The molecule has 1 aromatic heterocycles. The number of amides is 2. The first-order valence-corrected chi connectivity index (χ1v) is 10.1. The van der Waals surface area contributed by atoms with Gasteiger partial charge in [0.15, 0.2) is 0 Å². The third-order valence-electron chi connectivity index (χ3n) is 4.46. The van der Waals surface area contributed by atoms with E-state index in [1.54, 1.807) is 12.0 Å². The van der Waals surface area contributed by atoms with Gasteiger partial charge in [0, 0.05) is 29.6 Å². The van der Waals surface area contributed by atoms with Crippen LogP contribution in [0, 0.1) is 0 Å². The Kier molecular flexibility index (Phi) is 6.54. The minimum Gasteiger partial charge on any atom is -0.497 e. The molecular formula is C21H21ClN2O3S. The molecule has 2 amide bonds. The van der Waals surface area contributed by atoms with Crippen LogP contribution in [0.3, 0.4) is 0 Å². The maximum Gasteiger partial charge on any atom is 0.265 e. The van der Waals surface area contributed by atoms with E-state index in [0.717, 1.165) is 15.6 Å². The van der Waals surface area contributed by atoms with Crippen LogP contribution >= 0.6 is 22.9 Å². The van der Waals surface area contributed by atoms with E-state index in [9.17, 15) is 9.59 Å². The Morgan fingerprint density at radius 2 is 1.89 bits per heavy atom. The van der Waals surface area contributed by atoms with Crippen molar-refractivity contribution in [3.05, 3.63) is 64.0 Å². The summed E-state index contributed by atoms with van der Waals surface area (Å²) in [5, 5.41) is 1.24. The van der Waals surface area contributed by atoms with Crippen molar-refractivity contribution in [1.82, 2.24) is 4.90 Å². The maximum absolute atomic E-state index is 13.2. The summed E-state index contributed by atoms with van der Waals surface area (Å²) in [4.78, 5) is 26.6. The summed E-state index contributed by atoms with van der Waals surface area (Å²) < 4.78 is 6.13. The molecule has 0 saturated heterocycles. The standard InChI is InChI=1S/C21H21ClN2O3S/c1-27-15-7-8-16-17(13-15)28-20(19(16)22)21(26)24(12-10-18(23)25)11-9-14-5-3-2-4-6-14/h2-8,13H,9-12H2,1H3,(H2,23,25). The molecule has 5 nitrogen and oxygen atoms in total. The first-order valence-electron chi connectivity index (χ1n) is 8.87. The number of methoxy groups -OCH3 is 1. The number of hydrogen-bond donors (Lipinski definition) is 1. The Morgan fingerprint density at radius 1 is 1.14 bits per heavy atom. The van der Waals surface area contributed by atoms with Crippen LogP contribution in [0.25, 0.3) is 10.1 Å². The molecule has 0 spiro atoms. The molecule has 1 heterocycles. The second-order valence-corrected chi connectivity index (χ2v) is 7.78. The van der Waals surface area contributed by atoms with E-state index in [4.69, 9.17) is 22.1 Å². The Bertz CT molecular complexity index is 988. The highest BCUT2D eigenvalue weighted by atomic mass is 35.5. The quantitative estimate of drug-likeness (QED) is 0.600. The lowest BCUT2D eigenvalue weighted by Crippen LogP contribution is -2.35. The van der Waals surface area contributed by atoms with Crippen molar-refractivity contribution in [3.63, 3.8) is 0 Å². The van der Waals surface area contributed by atoms with Crippen molar-refractivity contribution in [3.8, 4) is 5.75 Å². The highest BCUT2D eigenvalue weighted by Gasteiger charge is 2.23. The van der Waals surface area contributed by atoms with Gasteiger partial charge in [-0.3, -0.25) is 9.59 Å². The van der Waals surface area contributed by atoms with E-state index in [0.29, 0.717) is 28.6 Å². The van der Waals surface area contributed by atoms with Gasteiger partial charge < -0.3 is 15.4 Å².